The van der Waals surface area contributed by atoms with E-state index in [1.807, 2.05) is 19.1 Å². The van der Waals surface area contributed by atoms with E-state index in [4.69, 9.17) is 14.2 Å². The second-order valence-corrected chi connectivity index (χ2v) is 4.81. The first-order chi connectivity index (χ1) is 9.76. The molecule has 1 aromatic rings. The minimum Gasteiger partial charge on any atom is -0.491 e. The highest BCUT2D eigenvalue weighted by atomic mass is 16.5. The van der Waals surface area contributed by atoms with Crippen LogP contribution < -0.4 is 10.1 Å². The molecule has 20 heavy (non-hydrogen) atoms. The Balaban J connectivity index is 2.17. The molecular formula is C16H27NO3. The summed E-state index contributed by atoms with van der Waals surface area (Å²) in [6.45, 7) is 7.85. The first-order valence-electron chi connectivity index (χ1n) is 7.29. The molecule has 0 aromatic heterocycles. The summed E-state index contributed by atoms with van der Waals surface area (Å²) in [5, 5.41) is 3.37. The zero-order chi connectivity index (χ0) is 14.6. The van der Waals surface area contributed by atoms with Gasteiger partial charge in [0, 0.05) is 13.7 Å². The molecule has 0 radical (unpaired) electrons. The van der Waals surface area contributed by atoms with E-state index in [2.05, 4.69) is 24.4 Å². The Hall–Kier alpha value is -1.10. The maximum Gasteiger partial charge on any atom is 0.119 e. The van der Waals surface area contributed by atoms with E-state index < -0.39 is 0 Å². The van der Waals surface area contributed by atoms with Crippen LogP contribution in [0.25, 0.3) is 0 Å². The molecular weight excluding hydrogens is 254 g/mol. The molecule has 0 aliphatic heterocycles. The highest BCUT2D eigenvalue weighted by molar-refractivity contribution is 5.27. The topological polar surface area (TPSA) is 39.7 Å². The van der Waals surface area contributed by atoms with Crippen molar-refractivity contribution < 1.29 is 14.2 Å². The lowest BCUT2D eigenvalue weighted by molar-refractivity contribution is -0.00214. The van der Waals surface area contributed by atoms with Crippen LogP contribution in [-0.4, -0.2) is 39.6 Å². The quantitative estimate of drug-likeness (QED) is 0.633. The third-order valence-electron chi connectivity index (χ3n) is 2.84. The van der Waals surface area contributed by atoms with Gasteiger partial charge in [-0.2, -0.15) is 0 Å². The van der Waals surface area contributed by atoms with Crippen molar-refractivity contribution in [3.05, 3.63) is 29.8 Å². The van der Waals surface area contributed by atoms with E-state index in [1.54, 1.807) is 7.11 Å². The fraction of sp³-hybridized carbons (Fsp3) is 0.625. The van der Waals surface area contributed by atoms with Gasteiger partial charge in [0.05, 0.1) is 19.3 Å². The summed E-state index contributed by atoms with van der Waals surface area (Å²) in [6.07, 6.45) is 1.26. The van der Waals surface area contributed by atoms with Gasteiger partial charge in [-0.25, -0.2) is 0 Å². The number of hydrogen-bond acceptors (Lipinski definition) is 4. The Labute approximate surface area is 122 Å². The molecule has 4 heteroatoms. The van der Waals surface area contributed by atoms with Crippen molar-refractivity contribution >= 4 is 0 Å². The van der Waals surface area contributed by atoms with Gasteiger partial charge in [-0.15, -0.1) is 0 Å². The van der Waals surface area contributed by atoms with Crippen LogP contribution >= 0.6 is 0 Å². The molecule has 0 bridgehead atoms. The van der Waals surface area contributed by atoms with Crippen LogP contribution in [0.3, 0.4) is 0 Å². The third-order valence-corrected chi connectivity index (χ3v) is 2.84. The van der Waals surface area contributed by atoms with Crippen molar-refractivity contribution in [1.82, 2.24) is 5.32 Å². The molecule has 1 unspecified atom stereocenters. The largest absolute Gasteiger partial charge is 0.491 e. The highest BCUT2D eigenvalue weighted by Crippen LogP contribution is 2.12. The van der Waals surface area contributed by atoms with Crippen LogP contribution in [0.2, 0.25) is 0 Å². The Bertz CT molecular complexity index is 340. The van der Waals surface area contributed by atoms with Gasteiger partial charge in [0.1, 0.15) is 12.4 Å². The Morgan fingerprint density at radius 2 is 1.90 bits per heavy atom. The number of rotatable bonds is 11. The molecule has 0 saturated heterocycles. The molecule has 0 heterocycles. The van der Waals surface area contributed by atoms with Crippen LogP contribution in [0.1, 0.15) is 25.8 Å². The monoisotopic (exact) mass is 281 g/mol. The molecule has 0 aliphatic rings. The molecule has 114 valence electrons. The van der Waals surface area contributed by atoms with E-state index in [-0.39, 0.29) is 6.10 Å². The molecule has 1 atom stereocenters. The second-order valence-electron chi connectivity index (χ2n) is 4.81. The number of benzene rings is 1. The zero-order valence-electron chi connectivity index (χ0n) is 12.9. The zero-order valence-corrected chi connectivity index (χ0v) is 12.9. The molecule has 0 saturated carbocycles. The van der Waals surface area contributed by atoms with Crippen LogP contribution in [0.5, 0.6) is 5.75 Å². The van der Waals surface area contributed by atoms with E-state index in [9.17, 15) is 0 Å². The summed E-state index contributed by atoms with van der Waals surface area (Å²) in [5.74, 6) is 0.882. The Kier molecular flexibility index (Phi) is 9.04. The van der Waals surface area contributed by atoms with Gasteiger partial charge in [-0.1, -0.05) is 19.1 Å². The van der Waals surface area contributed by atoms with E-state index in [1.165, 1.54) is 5.56 Å². The second kappa shape index (κ2) is 10.7. The van der Waals surface area contributed by atoms with E-state index >= 15 is 0 Å². The molecule has 0 aliphatic carbocycles. The average molecular weight is 281 g/mol. The highest BCUT2D eigenvalue weighted by Gasteiger charge is 2.01. The van der Waals surface area contributed by atoms with Crippen molar-refractivity contribution in [1.29, 1.82) is 0 Å². The summed E-state index contributed by atoms with van der Waals surface area (Å²) < 4.78 is 16.2. The standard InChI is InChI=1S/C16H27NO3/c1-4-9-17-12-15-5-7-16(8-6-15)20-11-10-19-14(2)13-18-3/h5-8,14,17H,4,9-13H2,1-3H3. The van der Waals surface area contributed by atoms with E-state index in [0.717, 1.165) is 25.3 Å². The fourth-order valence-electron chi connectivity index (χ4n) is 1.80. The first kappa shape index (κ1) is 17.0. The van der Waals surface area contributed by atoms with Crippen LogP contribution in [0.4, 0.5) is 0 Å². The average Bonchev–Trinajstić information content (AvgIpc) is 2.46. The van der Waals surface area contributed by atoms with Crippen molar-refractivity contribution in [3.8, 4) is 5.75 Å². The normalized spacial score (nSPS) is 12.3. The minimum absolute atomic E-state index is 0.107. The maximum absolute atomic E-state index is 5.63. The predicted octanol–water partition coefficient (Wildman–Crippen LogP) is 2.62. The SMILES string of the molecule is CCCNCc1ccc(OCCOC(C)COC)cc1. The van der Waals surface area contributed by atoms with Gasteiger partial charge in [-0.05, 0) is 37.6 Å². The van der Waals surface area contributed by atoms with Crippen molar-refractivity contribution in [2.75, 3.05) is 33.5 Å². The van der Waals surface area contributed by atoms with Gasteiger partial charge in [0.15, 0.2) is 0 Å². The molecule has 1 rings (SSSR count). The van der Waals surface area contributed by atoms with E-state index in [0.29, 0.717) is 19.8 Å². The van der Waals surface area contributed by atoms with Crippen LogP contribution in [0, 0.1) is 0 Å². The third kappa shape index (κ3) is 7.48. The fourth-order valence-corrected chi connectivity index (χ4v) is 1.80. The summed E-state index contributed by atoms with van der Waals surface area (Å²) >= 11 is 0. The number of methoxy groups -OCH3 is 1. The van der Waals surface area contributed by atoms with Crippen LogP contribution in [0.15, 0.2) is 24.3 Å². The molecule has 0 amide bonds. The first-order valence-corrected chi connectivity index (χ1v) is 7.29. The summed E-state index contributed by atoms with van der Waals surface area (Å²) in [5.41, 5.74) is 1.27. The Morgan fingerprint density at radius 1 is 1.15 bits per heavy atom. The van der Waals surface area contributed by atoms with Gasteiger partial charge in [0.2, 0.25) is 0 Å². The summed E-state index contributed by atoms with van der Waals surface area (Å²) in [6, 6.07) is 8.18. The lowest BCUT2D eigenvalue weighted by atomic mass is 10.2. The van der Waals surface area contributed by atoms with Gasteiger partial charge >= 0.3 is 0 Å². The van der Waals surface area contributed by atoms with Gasteiger partial charge in [0.25, 0.3) is 0 Å². The smallest absolute Gasteiger partial charge is 0.119 e. The maximum atomic E-state index is 5.63. The molecule has 4 nitrogen and oxygen atoms in total. The van der Waals surface area contributed by atoms with Crippen molar-refractivity contribution in [2.45, 2.75) is 32.9 Å². The Morgan fingerprint density at radius 3 is 2.55 bits per heavy atom. The van der Waals surface area contributed by atoms with Gasteiger partial charge in [-0.3, -0.25) is 0 Å². The summed E-state index contributed by atoms with van der Waals surface area (Å²) in [4.78, 5) is 0. The van der Waals surface area contributed by atoms with Crippen molar-refractivity contribution in [2.24, 2.45) is 0 Å². The number of ether oxygens (including phenoxy) is 3. The molecule has 0 fully saturated rings. The minimum atomic E-state index is 0.107. The molecule has 1 aromatic carbocycles. The molecule has 1 N–H and O–H groups in total. The molecule has 0 spiro atoms. The predicted molar refractivity (Wildman–Crippen MR) is 81.2 cm³/mol. The summed E-state index contributed by atoms with van der Waals surface area (Å²) in [7, 11) is 1.67. The van der Waals surface area contributed by atoms with Crippen molar-refractivity contribution in [3.63, 3.8) is 0 Å². The van der Waals surface area contributed by atoms with Crippen LogP contribution in [-0.2, 0) is 16.0 Å². The number of hydrogen-bond donors (Lipinski definition) is 1. The lowest BCUT2D eigenvalue weighted by Gasteiger charge is -2.12. The number of nitrogens with one attached hydrogen (secondary N) is 1. The lowest BCUT2D eigenvalue weighted by Crippen LogP contribution is -2.18. The van der Waals surface area contributed by atoms with Gasteiger partial charge < -0.3 is 19.5 Å².